The molecule has 140 valence electrons. The predicted octanol–water partition coefficient (Wildman–Crippen LogP) is 3.54. The van der Waals surface area contributed by atoms with Crippen LogP contribution in [-0.2, 0) is 11.2 Å². The summed E-state index contributed by atoms with van der Waals surface area (Å²) >= 11 is 0. The van der Waals surface area contributed by atoms with E-state index >= 15 is 0 Å². The number of carbonyl (C=O) groups is 1. The third kappa shape index (κ3) is 6.65. The van der Waals surface area contributed by atoms with Crippen LogP contribution in [0.15, 0.2) is 18.2 Å². The summed E-state index contributed by atoms with van der Waals surface area (Å²) in [5, 5.41) is 2.96. The molecule has 0 spiro atoms. The Hall–Kier alpha value is -1.62. The number of nitrogens with one attached hydrogen (secondary N) is 1. The highest BCUT2D eigenvalue weighted by Gasteiger charge is 2.17. The van der Waals surface area contributed by atoms with Crippen molar-refractivity contribution >= 4 is 5.91 Å². The zero-order valence-corrected chi connectivity index (χ0v) is 15.5. The first-order valence-electron chi connectivity index (χ1n) is 9.39. The van der Waals surface area contributed by atoms with E-state index in [0.717, 1.165) is 24.6 Å². The van der Waals surface area contributed by atoms with Gasteiger partial charge in [0, 0.05) is 19.0 Å². The average Bonchev–Trinajstić information content (AvgIpc) is 2.64. The first-order chi connectivity index (χ1) is 12.1. The number of amides is 1. The van der Waals surface area contributed by atoms with Crippen molar-refractivity contribution in [2.75, 3.05) is 27.2 Å². The Morgan fingerprint density at radius 2 is 2.08 bits per heavy atom. The second kappa shape index (κ2) is 10.4. The van der Waals surface area contributed by atoms with Gasteiger partial charge >= 0.3 is 0 Å². The maximum absolute atomic E-state index is 13.6. The van der Waals surface area contributed by atoms with Crippen LogP contribution in [0, 0.1) is 5.82 Å². The van der Waals surface area contributed by atoms with Crippen LogP contribution in [-0.4, -0.2) is 44.1 Å². The number of hydrogen-bond acceptors (Lipinski definition) is 3. The van der Waals surface area contributed by atoms with Crippen LogP contribution >= 0.6 is 0 Å². The van der Waals surface area contributed by atoms with Gasteiger partial charge in [-0.2, -0.15) is 0 Å². The molecule has 5 heteroatoms. The van der Waals surface area contributed by atoms with E-state index < -0.39 is 0 Å². The third-order valence-electron chi connectivity index (χ3n) is 5.06. The van der Waals surface area contributed by atoms with Crippen LogP contribution in [0.1, 0.15) is 50.5 Å². The van der Waals surface area contributed by atoms with Crippen molar-refractivity contribution in [3.63, 3.8) is 0 Å². The van der Waals surface area contributed by atoms with Gasteiger partial charge in [-0.3, -0.25) is 4.79 Å². The lowest BCUT2D eigenvalue weighted by Gasteiger charge is -2.31. The van der Waals surface area contributed by atoms with Gasteiger partial charge in [-0.1, -0.05) is 25.3 Å². The number of halogens is 1. The summed E-state index contributed by atoms with van der Waals surface area (Å²) in [6.07, 6.45) is 8.56. The van der Waals surface area contributed by atoms with Gasteiger partial charge in [0.15, 0.2) is 11.6 Å². The fraction of sp³-hybridized carbons (Fsp3) is 0.650. The van der Waals surface area contributed by atoms with Crippen LogP contribution in [0.4, 0.5) is 4.39 Å². The van der Waals surface area contributed by atoms with E-state index in [1.54, 1.807) is 12.1 Å². The Labute approximate surface area is 150 Å². The molecule has 0 atom stereocenters. The monoisotopic (exact) mass is 350 g/mol. The summed E-state index contributed by atoms with van der Waals surface area (Å²) in [5.74, 6) is -0.127. The maximum Gasteiger partial charge on any atom is 0.220 e. The van der Waals surface area contributed by atoms with Gasteiger partial charge in [-0.05, 0) is 57.0 Å². The highest BCUT2D eigenvalue weighted by molar-refractivity contribution is 5.76. The molecule has 0 radical (unpaired) electrons. The van der Waals surface area contributed by atoms with Crippen molar-refractivity contribution in [2.45, 2.75) is 57.4 Å². The Balaban J connectivity index is 1.60. The van der Waals surface area contributed by atoms with E-state index in [1.807, 2.05) is 0 Å². The number of carbonyl (C=O) groups excluding carboxylic acids is 1. The molecule has 2 rings (SSSR count). The second-order valence-electron chi connectivity index (χ2n) is 6.94. The molecule has 1 aliphatic rings. The van der Waals surface area contributed by atoms with Crippen LogP contribution in [0.25, 0.3) is 0 Å². The SMILES string of the molecule is COc1ccc(CCC(=O)NCCCN(C)C2CCCCC2)cc1F. The van der Waals surface area contributed by atoms with E-state index in [2.05, 4.69) is 17.3 Å². The van der Waals surface area contributed by atoms with Gasteiger partial charge in [0.2, 0.25) is 5.91 Å². The molecule has 1 aromatic rings. The number of aryl methyl sites for hydroxylation is 1. The Kier molecular flexibility index (Phi) is 8.19. The molecule has 1 amide bonds. The highest BCUT2D eigenvalue weighted by atomic mass is 19.1. The molecule has 0 aromatic heterocycles. The molecule has 1 aliphatic carbocycles. The molecule has 1 N–H and O–H groups in total. The van der Waals surface area contributed by atoms with Gasteiger partial charge < -0.3 is 15.0 Å². The summed E-state index contributed by atoms with van der Waals surface area (Å²) in [5.41, 5.74) is 0.811. The van der Waals surface area contributed by atoms with Crippen molar-refractivity contribution in [1.82, 2.24) is 10.2 Å². The molecular formula is C20H31FN2O2. The smallest absolute Gasteiger partial charge is 0.220 e. The zero-order valence-electron chi connectivity index (χ0n) is 15.5. The summed E-state index contributed by atoms with van der Waals surface area (Å²) in [6, 6.07) is 5.55. The van der Waals surface area contributed by atoms with E-state index in [4.69, 9.17) is 4.74 Å². The zero-order chi connectivity index (χ0) is 18.1. The summed E-state index contributed by atoms with van der Waals surface area (Å²) in [7, 11) is 3.63. The Morgan fingerprint density at radius 3 is 2.76 bits per heavy atom. The minimum absolute atomic E-state index is 0.0246. The number of hydrogen-bond donors (Lipinski definition) is 1. The quantitative estimate of drug-likeness (QED) is 0.693. The number of methoxy groups -OCH3 is 1. The molecule has 0 unspecified atom stereocenters. The van der Waals surface area contributed by atoms with Gasteiger partial charge in [0.05, 0.1) is 7.11 Å². The van der Waals surface area contributed by atoms with Crippen molar-refractivity contribution in [3.05, 3.63) is 29.6 Å². The summed E-state index contributed by atoms with van der Waals surface area (Å²) < 4.78 is 18.5. The van der Waals surface area contributed by atoms with Gasteiger partial charge in [-0.15, -0.1) is 0 Å². The fourth-order valence-corrected chi connectivity index (χ4v) is 3.47. The van der Waals surface area contributed by atoms with Crippen LogP contribution < -0.4 is 10.1 Å². The average molecular weight is 350 g/mol. The highest BCUT2D eigenvalue weighted by Crippen LogP contribution is 2.21. The van der Waals surface area contributed by atoms with Crippen molar-refractivity contribution in [3.8, 4) is 5.75 Å². The Bertz CT molecular complexity index is 544. The number of nitrogens with zero attached hydrogens (tertiary/aromatic N) is 1. The first-order valence-corrected chi connectivity index (χ1v) is 9.39. The molecule has 0 heterocycles. The second-order valence-corrected chi connectivity index (χ2v) is 6.94. The van der Waals surface area contributed by atoms with Gasteiger partial charge in [0.1, 0.15) is 0 Å². The molecular weight excluding hydrogens is 319 g/mol. The lowest BCUT2D eigenvalue weighted by Crippen LogP contribution is -2.35. The summed E-state index contributed by atoms with van der Waals surface area (Å²) in [6.45, 7) is 1.72. The van der Waals surface area contributed by atoms with Crippen LogP contribution in [0.2, 0.25) is 0 Å². The number of benzene rings is 1. The van der Waals surface area contributed by atoms with E-state index in [0.29, 0.717) is 19.4 Å². The van der Waals surface area contributed by atoms with E-state index in [-0.39, 0.29) is 17.5 Å². The molecule has 4 nitrogen and oxygen atoms in total. The Morgan fingerprint density at radius 1 is 1.32 bits per heavy atom. The lowest BCUT2D eigenvalue weighted by molar-refractivity contribution is -0.121. The molecule has 0 saturated heterocycles. The van der Waals surface area contributed by atoms with Gasteiger partial charge in [0.25, 0.3) is 0 Å². The minimum atomic E-state index is -0.383. The molecule has 0 bridgehead atoms. The maximum atomic E-state index is 13.6. The number of rotatable bonds is 9. The first kappa shape index (κ1) is 19.7. The normalized spacial score (nSPS) is 15.4. The van der Waals surface area contributed by atoms with E-state index in [9.17, 15) is 9.18 Å². The predicted molar refractivity (Wildman–Crippen MR) is 98.4 cm³/mol. The largest absolute Gasteiger partial charge is 0.494 e. The summed E-state index contributed by atoms with van der Waals surface area (Å²) in [4.78, 5) is 14.4. The molecule has 1 fully saturated rings. The van der Waals surface area contributed by atoms with E-state index in [1.165, 1.54) is 45.3 Å². The minimum Gasteiger partial charge on any atom is -0.494 e. The molecule has 0 aliphatic heterocycles. The van der Waals surface area contributed by atoms with Crippen LogP contribution in [0.5, 0.6) is 5.75 Å². The van der Waals surface area contributed by atoms with Crippen LogP contribution in [0.3, 0.4) is 0 Å². The van der Waals surface area contributed by atoms with Gasteiger partial charge in [-0.25, -0.2) is 4.39 Å². The molecule has 1 saturated carbocycles. The molecule has 1 aromatic carbocycles. The topological polar surface area (TPSA) is 41.6 Å². The third-order valence-corrected chi connectivity index (χ3v) is 5.06. The standard InChI is InChI=1S/C20H31FN2O2/c1-23(17-7-4-3-5-8-17)14-6-13-22-20(24)12-10-16-9-11-19(25-2)18(21)15-16/h9,11,15,17H,3-8,10,12-14H2,1-2H3,(H,22,24). The number of ether oxygens (including phenoxy) is 1. The molecule has 25 heavy (non-hydrogen) atoms. The van der Waals surface area contributed by atoms with Crippen molar-refractivity contribution in [2.24, 2.45) is 0 Å². The van der Waals surface area contributed by atoms with Crippen molar-refractivity contribution < 1.29 is 13.9 Å². The van der Waals surface area contributed by atoms with Crippen molar-refractivity contribution in [1.29, 1.82) is 0 Å². The fourth-order valence-electron chi connectivity index (χ4n) is 3.47. The lowest BCUT2D eigenvalue weighted by atomic mass is 9.94.